The van der Waals surface area contributed by atoms with Crippen molar-refractivity contribution in [2.75, 3.05) is 70.9 Å². The second-order valence-electron chi connectivity index (χ2n) is 13.3. The zero-order valence-electron chi connectivity index (χ0n) is 28.4. The van der Waals surface area contributed by atoms with E-state index in [1.807, 2.05) is 44.2 Å². The molecule has 2 bridgehead atoms. The molecule has 4 heterocycles. The van der Waals surface area contributed by atoms with Crippen molar-refractivity contribution in [1.82, 2.24) is 40.6 Å². The summed E-state index contributed by atoms with van der Waals surface area (Å²) in [6.07, 6.45) is 2.19. The van der Waals surface area contributed by atoms with Gasteiger partial charge in [0, 0.05) is 65.1 Å². The van der Waals surface area contributed by atoms with Crippen molar-refractivity contribution in [3.63, 3.8) is 0 Å². The summed E-state index contributed by atoms with van der Waals surface area (Å²) in [6.45, 7) is 6.54. The van der Waals surface area contributed by atoms with Gasteiger partial charge in [-0.05, 0) is 24.0 Å². The number of anilines is 1. The molecule has 15 heteroatoms. The lowest BCUT2D eigenvalue weighted by Gasteiger charge is -2.40. The molecule has 5 amide bonds. The Labute approximate surface area is 286 Å². The van der Waals surface area contributed by atoms with Crippen LogP contribution in [0.2, 0.25) is 0 Å². The van der Waals surface area contributed by atoms with Gasteiger partial charge in [-0.1, -0.05) is 44.2 Å². The molecular weight excluding hydrogens is 630 g/mol. The second kappa shape index (κ2) is 16.7. The third kappa shape index (κ3) is 9.95. The van der Waals surface area contributed by atoms with Crippen molar-refractivity contribution in [2.24, 2.45) is 5.92 Å². The number of piperazine rings is 1. The minimum Gasteiger partial charge on any atom is -0.360 e. The molecule has 3 aliphatic rings. The molecule has 264 valence electrons. The van der Waals surface area contributed by atoms with Gasteiger partial charge < -0.3 is 35.4 Å². The monoisotopic (exact) mass is 677 g/mol. The second-order valence-corrected chi connectivity index (χ2v) is 13.3. The fourth-order valence-corrected chi connectivity index (χ4v) is 6.31. The van der Waals surface area contributed by atoms with Crippen LogP contribution in [0.15, 0.2) is 48.8 Å². The number of hydrogen-bond donors (Lipinski definition) is 3. The molecule has 2 aromatic rings. The van der Waals surface area contributed by atoms with E-state index in [4.69, 9.17) is 4.74 Å². The van der Waals surface area contributed by atoms with Gasteiger partial charge >= 0.3 is 0 Å². The van der Waals surface area contributed by atoms with Crippen LogP contribution in [0.5, 0.6) is 0 Å². The lowest BCUT2D eigenvalue weighted by Crippen LogP contribution is -2.61. The van der Waals surface area contributed by atoms with Crippen molar-refractivity contribution in [1.29, 1.82) is 0 Å². The summed E-state index contributed by atoms with van der Waals surface area (Å²) in [5, 5.41) is 8.49. The molecule has 5 rings (SSSR count). The van der Waals surface area contributed by atoms with Crippen LogP contribution < -0.4 is 20.9 Å². The summed E-state index contributed by atoms with van der Waals surface area (Å²) in [5.41, 5.74) is 0.821. The molecule has 0 aliphatic carbocycles. The quantitative estimate of drug-likeness (QED) is 0.332. The van der Waals surface area contributed by atoms with Gasteiger partial charge in [0.05, 0.1) is 25.7 Å². The van der Waals surface area contributed by atoms with Gasteiger partial charge in [-0.2, -0.15) is 0 Å². The molecule has 4 atom stereocenters. The highest BCUT2D eigenvalue weighted by molar-refractivity contribution is 5.93. The fourth-order valence-electron chi connectivity index (χ4n) is 6.31. The number of carbonyl (C=O) groups excluding carboxylic acids is 5. The molecule has 3 fully saturated rings. The molecule has 0 spiro atoms. The Balaban J connectivity index is 1.33. The van der Waals surface area contributed by atoms with Crippen LogP contribution in [0.25, 0.3) is 0 Å². The molecule has 1 aromatic carbocycles. The zero-order valence-corrected chi connectivity index (χ0v) is 28.4. The molecule has 3 aliphatic heterocycles. The van der Waals surface area contributed by atoms with Gasteiger partial charge in [-0.15, -0.1) is 0 Å². The largest absolute Gasteiger partial charge is 0.360 e. The number of fused-ring (bicyclic) bond motifs is 2. The van der Waals surface area contributed by atoms with Crippen LogP contribution in [-0.4, -0.2) is 144 Å². The molecule has 1 aromatic heterocycles. The number of nitrogens with one attached hydrogen (secondary N) is 3. The molecule has 15 nitrogen and oxygen atoms in total. The molecule has 0 radical (unpaired) electrons. The Bertz CT molecular complexity index is 1450. The molecule has 49 heavy (non-hydrogen) atoms. The van der Waals surface area contributed by atoms with Crippen molar-refractivity contribution >= 4 is 35.5 Å². The number of ether oxygens (including phenoxy) is 1. The van der Waals surface area contributed by atoms with E-state index in [1.54, 1.807) is 23.4 Å². The Morgan fingerprint density at radius 2 is 1.63 bits per heavy atom. The molecule has 3 N–H and O–H groups in total. The number of hydrogen-bond acceptors (Lipinski definition) is 10. The molecule has 0 saturated carbocycles. The summed E-state index contributed by atoms with van der Waals surface area (Å²) >= 11 is 0. The minimum atomic E-state index is -1.08. The van der Waals surface area contributed by atoms with E-state index in [9.17, 15) is 24.0 Å². The van der Waals surface area contributed by atoms with Gasteiger partial charge in [0.15, 0.2) is 6.10 Å². The maximum Gasteiger partial charge on any atom is 0.251 e. The van der Waals surface area contributed by atoms with Gasteiger partial charge in [0.1, 0.15) is 12.1 Å². The molecule has 3 saturated heterocycles. The Morgan fingerprint density at radius 1 is 0.918 bits per heavy atom. The highest BCUT2D eigenvalue weighted by atomic mass is 16.5. The van der Waals surface area contributed by atoms with E-state index in [2.05, 4.69) is 35.7 Å². The van der Waals surface area contributed by atoms with Crippen molar-refractivity contribution in [3.05, 3.63) is 54.4 Å². The lowest BCUT2D eigenvalue weighted by atomic mass is 10.0. The van der Waals surface area contributed by atoms with E-state index in [0.29, 0.717) is 38.5 Å². The van der Waals surface area contributed by atoms with Crippen LogP contribution in [0.4, 0.5) is 5.95 Å². The Kier molecular flexibility index (Phi) is 12.1. The van der Waals surface area contributed by atoms with E-state index in [1.165, 1.54) is 11.9 Å². The minimum absolute atomic E-state index is 0.00889. The lowest BCUT2D eigenvalue weighted by molar-refractivity contribution is -0.158. The summed E-state index contributed by atoms with van der Waals surface area (Å²) in [6, 6.07) is 9.20. The molecule has 0 unspecified atom stereocenters. The van der Waals surface area contributed by atoms with Crippen LogP contribution in [0.3, 0.4) is 0 Å². The SMILES string of the molecule is CC(C)C[C@@H]1NC(=O)CN(C)C(=O)[C@@H](Cc2ccccc2)NC(=O)[C@H]2CN(C(=O)CN3CCN(c4ncccn4)CC3)C[C@@H](CNC1=O)O2. The van der Waals surface area contributed by atoms with E-state index < -0.39 is 47.9 Å². The van der Waals surface area contributed by atoms with Crippen LogP contribution in [0.1, 0.15) is 25.8 Å². The number of nitrogens with zero attached hydrogens (tertiary/aromatic N) is 6. The number of benzene rings is 1. The first-order valence-corrected chi connectivity index (χ1v) is 16.9. The zero-order chi connectivity index (χ0) is 34.9. The number of aromatic nitrogens is 2. The van der Waals surface area contributed by atoms with E-state index >= 15 is 0 Å². The number of likely N-dealkylation sites (N-methyl/N-ethyl adjacent to an activating group) is 1. The first-order chi connectivity index (χ1) is 23.5. The highest BCUT2D eigenvalue weighted by Crippen LogP contribution is 2.16. The van der Waals surface area contributed by atoms with E-state index in [-0.39, 0.29) is 51.0 Å². The highest BCUT2D eigenvalue weighted by Gasteiger charge is 2.38. The van der Waals surface area contributed by atoms with Crippen LogP contribution in [0, 0.1) is 5.92 Å². The summed E-state index contributed by atoms with van der Waals surface area (Å²) in [7, 11) is 1.49. The first-order valence-electron chi connectivity index (χ1n) is 16.9. The predicted molar refractivity (Wildman–Crippen MR) is 180 cm³/mol. The molecular formula is C34H47N9O6. The fraction of sp³-hybridized carbons (Fsp3) is 0.559. The normalized spacial score (nSPS) is 24.9. The topological polar surface area (TPSA) is 169 Å². The number of amides is 5. The maximum atomic E-state index is 13.8. The summed E-state index contributed by atoms with van der Waals surface area (Å²) < 4.78 is 6.19. The third-order valence-electron chi connectivity index (χ3n) is 8.90. The van der Waals surface area contributed by atoms with Gasteiger partial charge in [0.2, 0.25) is 29.6 Å². The average molecular weight is 678 g/mol. The predicted octanol–water partition coefficient (Wildman–Crippen LogP) is -0.959. The number of morpholine rings is 1. The van der Waals surface area contributed by atoms with Gasteiger partial charge in [-0.25, -0.2) is 9.97 Å². The van der Waals surface area contributed by atoms with Crippen molar-refractivity contribution in [2.45, 2.75) is 51.0 Å². The first kappa shape index (κ1) is 35.7. The maximum absolute atomic E-state index is 13.8. The van der Waals surface area contributed by atoms with Crippen LogP contribution >= 0.6 is 0 Å². The third-order valence-corrected chi connectivity index (χ3v) is 8.90. The Hall–Kier alpha value is -4.63. The van der Waals surface area contributed by atoms with E-state index in [0.717, 1.165) is 5.56 Å². The smallest absolute Gasteiger partial charge is 0.251 e. The summed E-state index contributed by atoms with van der Waals surface area (Å²) in [4.78, 5) is 83.2. The van der Waals surface area contributed by atoms with Gasteiger partial charge in [0.25, 0.3) is 5.91 Å². The number of rotatable bonds is 7. The van der Waals surface area contributed by atoms with Crippen molar-refractivity contribution in [3.8, 4) is 0 Å². The number of carbonyl (C=O) groups is 5. The van der Waals surface area contributed by atoms with Crippen LogP contribution in [-0.2, 0) is 35.1 Å². The van der Waals surface area contributed by atoms with Gasteiger partial charge in [-0.3, -0.25) is 28.9 Å². The standard InChI is InChI=1S/C34H47N9O6/c1-23(2)16-26-31(46)37-18-25-19-43(30(45)22-41-12-14-42(15-13-41)34-35-10-7-11-36-34)20-28(49-25)32(47)39-27(17-24-8-5-4-6-9-24)33(48)40(3)21-29(44)38-26/h4-11,23,25-28H,12-22H2,1-3H3,(H,37,46)(H,38,44)(H,39,47)/t25-,26+,27-,28-/m1/s1. The Morgan fingerprint density at radius 3 is 2.33 bits per heavy atom. The summed E-state index contributed by atoms with van der Waals surface area (Å²) in [5.74, 6) is -1.32. The van der Waals surface area contributed by atoms with Crippen molar-refractivity contribution < 1.29 is 28.7 Å². The average Bonchev–Trinajstić information content (AvgIpc) is 3.10.